The summed E-state index contributed by atoms with van der Waals surface area (Å²) in [4.78, 5) is 41.7. The molecule has 2 N–H and O–H groups in total. The third-order valence-electron chi connectivity index (χ3n) is 4.81. The topological polar surface area (TPSA) is 93.1 Å². The smallest absolute Gasteiger partial charge is 0.265 e. The molecular formula is C24H19ClN4O3. The predicted molar refractivity (Wildman–Crippen MR) is 125 cm³/mol. The molecule has 0 spiro atoms. The standard InChI is InChI=1S/C24H19ClN4O3/c1-15(30)27-19-8-10-20(11-9-19)28-23(31)21-13-17-3-2-12-26-22(17)29(24(21)32)14-16-4-6-18(25)7-5-16/h2-13H,14H2,1H3,(H,27,30)(H,28,31). The quantitative estimate of drug-likeness (QED) is 0.477. The molecule has 0 saturated heterocycles. The second-order valence-electron chi connectivity index (χ2n) is 7.20. The molecule has 0 aliphatic rings. The van der Waals surface area contributed by atoms with E-state index in [0.717, 1.165) is 5.56 Å². The lowest BCUT2D eigenvalue weighted by Gasteiger charge is -2.13. The normalized spacial score (nSPS) is 10.7. The average Bonchev–Trinajstić information content (AvgIpc) is 2.78. The van der Waals surface area contributed by atoms with Crippen molar-refractivity contribution in [3.8, 4) is 0 Å². The van der Waals surface area contributed by atoms with E-state index < -0.39 is 11.5 Å². The average molecular weight is 447 g/mol. The number of carbonyl (C=O) groups excluding carboxylic acids is 2. The first-order chi connectivity index (χ1) is 15.4. The fourth-order valence-electron chi connectivity index (χ4n) is 3.33. The molecular weight excluding hydrogens is 428 g/mol. The predicted octanol–water partition coefficient (Wildman–Crippen LogP) is 4.31. The molecule has 0 bridgehead atoms. The van der Waals surface area contributed by atoms with Gasteiger partial charge in [-0.2, -0.15) is 0 Å². The molecule has 0 fully saturated rings. The van der Waals surface area contributed by atoms with Crippen LogP contribution in [0.5, 0.6) is 0 Å². The van der Waals surface area contributed by atoms with Crippen LogP contribution < -0.4 is 16.2 Å². The maximum atomic E-state index is 13.2. The minimum absolute atomic E-state index is 0.00500. The summed E-state index contributed by atoms with van der Waals surface area (Å²) in [6.07, 6.45) is 1.61. The zero-order valence-electron chi connectivity index (χ0n) is 17.1. The van der Waals surface area contributed by atoms with E-state index in [9.17, 15) is 14.4 Å². The highest BCUT2D eigenvalue weighted by molar-refractivity contribution is 6.30. The van der Waals surface area contributed by atoms with Gasteiger partial charge in [0.1, 0.15) is 11.2 Å². The lowest BCUT2D eigenvalue weighted by atomic mass is 10.1. The van der Waals surface area contributed by atoms with E-state index in [0.29, 0.717) is 27.4 Å². The fourth-order valence-corrected chi connectivity index (χ4v) is 3.45. The Morgan fingerprint density at radius 1 is 0.969 bits per heavy atom. The molecule has 0 aliphatic carbocycles. The summed E-state index contributed by atoms with van der Waals surface area (Å²) in [5.41, 5.74) is 2.01. The summed E-state index contributed by atoms with van der Waals surface area (Å²) in [6, 6.07) is 18.9. The molecule has 2 aromatic carbocycles. The van der Waals surface area contributed by atoms with Gasteiger partial charge in [-0.1, -0.05) is 23.7 Å². The Balaban J connectivity index is 1.68. The number of pyridine rings is 2. The van der Waals surface area contributed by atoms with Crippen molar-refractivity contribution in [1.29, 1.82) is 0 Å². The highest BCUT2D eigenvalue weighted by atomic mass is 35.5. The maximum Gasteiger partial charge on any atom is 0.265 e. The van der Waals surface area contributed by atoms with Crippen molar-refractivity contribution in [2.45, 2.75) is 13.5 Å². The Labute approximate surface area is 188 Å². The molecule has 4 rings (SSSR count). The monoisotopic (exact) mass is 446 g/mol. The molecule has 0 unspecified atom stereocenters. The van der Waals surface area contributed by atoms with Gasteiger partial charge in [0.15, 0.2) is 0 Å². The van der Waals surface area contributed by atoms with Crippen LogP contribution in [-0.4, -0.2) is 21.4 Å². The Kier molecular flexibility index (Phi) is 6.00. The minimum atomic E-state index is -0.530. The molecule has 0 radical (unpaired) electrons. The Hall–Kier alpha value is -3.97. The van der Waals surface area contributed by atoms with E-state index in [-0.39, 0.29) is 18.0 Å². The molecule has 0 saturated carbocycles. The second-order valence-corrected chi connectivity index (χ2v) is 7.64. The highest BCUT2D eigenvalue weighted by Gasteiger charge is 2.17. The van der Waals surface area contributed by atoms with Crippen molar-refractivity contribution in [2.24, 2.45) is 0 Å². The van der Waals surface area contributed by atoms with Crippen LogP contribution >= 0.6 is 11.6 Å². The zero-order valence-corrected chi connectivity index (χ0v) is 17.9. The molecule has 32 heavy (non-hydrogen) atoms. The van der Waals surface area contributed by atoms with Gasteiger partial charge in [-0.25, -0.2) is 4.98 Å². The third-order valence-corrected chi connectivity index (χ3v) is 5.06. The first-order valence-electron chi connectivity index (χ1n) is 9.83. The van der Waals surface area contributed by atoms with Gasteiger partial charge in [0, 0.05) is 34.9 Å². The largest absolute Gasteiger partial charge is 0.326 e. The number of nitrogens with zero attached hydrogens (tertiary/aromatic N) is 2. The number of hydrogen-bond donors (Lipinski definition) is 2. The van der Waals surface area contributed by atoms with Crippen LogP contribution in [0.3, 0.4) is 0 Å². The summed E-state index contributed by atoms with van der Waals surface area (Å²) >= 11 is 5.96. The Morgan fingerprint density at radius 2 is 1.62 bits per heavy atom. The first-order valence-corrected chi connectivity index (χ1v) is 10.2. The van der Waals surface area contributed by atoms with Crippen molar-refractivity contribution in [3.05, 3.63) is 99.4 Å². The molecule has 2 heterocycles. The van der Waals surface area contributed by atoms with E-state index >= 15 is 0 Å². The van der Waals surface area contributed by atoms with E-state index in [1.54, 1.807) is 60.8 Å². The summed E-state index contributed by atoms with van der Waals surface area (Å²) in [7, 11) is 0. The number of carbonyl (C=O) groups is 2. The number of nitrogens with one attached hydrogen (secondary N) is 2. The number of amides is 2. The van der Waals surface area contributed by atoms with Gasteiger partial charge < -0.3 is 10.6 Å². The molecule has 160 valence electrons. The first kappa shape index (κ1) is 21.3. The SMILES string of the molecule is CC(=O)Nc1ccc(NC(=O)c2cc3cccnc3n(Cc3ccc(Cl)cc3)c2=O)cc1. The van der Waals surface area contributed by atoms with Crippen LogP contribution in [0, 0.1) is 0 Å². The zero-order chi connectivity index (χ0) is 22.7. The number of fused-ring (bicyclic) bond motifs is 1. The summed E-state index contributed by atoms with van der Waals surface area (Å²) in [5, 5.41) is 6.67. The van der Waals surface area contributed by atoms with Gasteiger partial charge in [-0.3, -0.25) is 19.0 Å². The van der Waals surface area contributed by atoms with Crippen molar-refractivity contribution >= 4 is 45.8 Å². The maximum absolute atomic E-state index is 13.2. The van der Waals surface area contributed by atoms with Crippen LogP contribution in [0.2, 0.25) is 5.02 Å². The number of benzene rings is 2. The van der Waals surface area contributed by atoms with E-state index in [2.05, 4.69) is 15.6 Å². The van der Waals surface area contributed by atoms with Crippen LogP contribution in [0.25, 0.3) is 11.0 Å². The van der Waals surface area contributed by atoms with Crippen LogP contribution in [0.4, 0.5) is 11.4 Å². The lowest BCUT2D eigenvalue weighted by Crippen LogP contribution is -2.30. The molecule has 4 aromatic rings. The van der Waals surface area contributed by atoms with E-state index in [4.69, 9.17) is 11.6 Å². The number of anilines is 2. The van der Waals surface area contributed by atoms with E-state index in [1.807, 2.05) is 12.1 Å². The van der Waals surface area contributed by atoms with Crippen LogP contribution in [0.15, 0.2) is 77.7 Å². The Bertz CT molecular complexity index is 1360. The molecule has 2 amide bonds. The molecule has 8 heteroatoms. The van der Waals surface area contributed by atoms with Crippen molar-refractivity contribution in [1.82, 2.24) is 9.55 Å². The highest BCUT2D eigenvalue weighted by Crippen LogP contribution is 2.17. The van der Waals surface area contributed by atoms with Crippen molar-refractivity contribution < 1.29 is 9.59 Å². The molecule has 2 aromatic heterocycles. The number of halogens is 1. The molecule has 7 nitrogen and oxygen atoms in total. The lowest BCUT2D eigenvalue weighted by molar-refractivity contribution is -0.114. The summed E-state index contributed by atoms with van der Waals surface area (Å²) in [5.74, 6) is -0.717. The summed E-state index contributed by atoms with van der Waals surface area (Å²) < 4.78 is 1.48. The minimum Gasteiger partial charge on any atom is -0.326 e. The molecule has 0 atom stereocenters. The van der Waals surface area contributed by atoms with Gasteiger partial charge in [0.2, 0.25) is 5.91 Å². The van der Waals surface area contributed by atoms with Crippen LogP contribution in [-0.2, 0) is 11.3 Å². The van der Waals surface area contributed by atoms with Crippen molar-refractivity contribution in [2.75, 3.05) is 10.6 Å². The van der Waals surface area contributed by atoms with Crippen LogP contribution in [0.1, 0.15) is 22.8 Å². The van der Waals surface area contributed by atoms with Gasteiger partial charge in [0.05, 0.1) is 6.54 Å². The molecule has 0 aliphatic heterocycles. The summed E-state index contributed by atoms with van der Waals surface area (Å²) in [6.45, 7) is 1.66. The van der Waals surface area contributed by atoms with E-state index in [1.165, 1.54) is 11.5 Å². The second kappa shape index (κ2) is 9.03. The van der Waals surface area contributed by atoms with Gasteiger partial charge in [-0.05, 0) is 60.2 Å². The number of rotatable bonds is 5. The third kappa shape index (κ3) is 4.68. The van der Waals surface area contributed by atoms with Gasteiger partial charge in [0.25, 0.3) is 11.5 Å². The van der Waals surface area contributed by atoms with Crippen molar-refractivity contribution in [3.63, 3.8) is 0 Å². The fraction of sp³-hybridized carbons (Fsp3) is 0.0833. The van der Waals surface area contributed by atoms with Gasteiger partial charge >= 0.3 is 0 Å². The number of aromatic nitrogens is 2. The number of hydrogen-bond acceptors (Lipinski definition) is 4. The Morgan fingerprint density at radius 3 is 2.28 bits per heavy atom. The van der Waals surface area contributed by atoms with Gasteiger partial charge in [-0.15, -0.1) is 0 Å².